The smallest absolute Gasteiger partial charge is 0.238 e. The Labute approximate surface area is 87.9 Å². The molecule has 0 aromatic heterocycles. The number of hydrogen-bond donors (Lipinski definition) is 1. The van der Waals surface area contributed by atoms with Crippen molar-refractivity contribution in [2.75, 3.05) is 14.1 Å². The molecule has 0 spiro atoms. The van der Waals surface area contributed by atoms with Gasteiger partial charge in [-0.1, -0.05) is 19.8 Å². The first-order chi connectivity index (χ1) is 6.49. The molecule has 3 nitrogen and oxygen atoms in total. The van der Waals surface area contributed by atoms with Gasteiger partial charge in [0.15, 0.2) is 0 Å². The van der Waals surface area contributed by atoms with Crippen molar-refractivity contribution in [3.05, 3.63) is 0 Å². The highest BCUT2D eigenvalue weighted by Gasteiger charge is 2.16. The second-order valence-corrected chi connectivity index (χ2v) is 4.16. The van der Waals surface area contributed by atoms with Crippen molar-refractivity contribution >= 4 is 5.91 Å². The molecule has 0 rings (SSSR count). The normalized spacial score (nSPS) is 14.9. The molecule has 0 saturated carbocycles. The molecule has 0 aliphatic carbocycles. The Morgan fingerprint density at radius 1 is 1.36 bits per heavy atom. The van der Waals surface area contributed by atoms with Gasteiger partial charge in [-0.05, 0) is 20.3 Å². The molecule has 1 amide bonds. The summed E-state index contributed by atoms with van der Waals surface area (Å²) in [7, 11) is 3.58. The van der Waals surface area contributed by atoms with Crippen LogP contribution in [0, 0.1) is 0 Å². The summed E-state index contributed by atoms with van der Waals surface area (Å²) in [5.74, 6) is 0.147. The third kappa shape index (κ3) is 5.22. The van der Waals surface area contributed by atoms with Crippen LogP contribution in [-0.4, -0.2) is 37.0 Å². The monoisotopic (exact) mass is 200 g/mol. The second-order valence-electron chi connectivity index (χ2n) is 4.16. The number of nitrogens with one attached hydrogen (secondary N) is 1. The van der Waals surface area contributed by atoms with Crippen LogP contribution in [0.25, 0.3) is 0 Å². The maximum absolute atomic E-state index is 11.5. The van der Waals surface area contributed by atoms with E-state index < -0.39 is 0 Å². The van der Waals surface area contributed by atoms with E-state index >= 15 is 0 Å². The van der Waals surface area contributed by atoms with Gasteiger partial charge < -0.3 is 10.2 Å². The molecule has 0 saturated heterocycles. The van der Waals surface area contributed by atoms with E-state index in [2.05, 4.69) is 19.2 Å². The van der Waals surface area contributed by atoms with Gasteiger partial charge in [0.2, 0.25) is 5.91 Å². The van der Waals surface area contributed by atoms with Gasteiger partial charge >= 0.3 is 0 Å². The molecule has 0 bridgehead atoms. The lowest BCUT2D eigenvalue weighted by Gasteiger charge is -2.22. The molecule has 0 fully saturated rings. The molecular weight excluding hydrogens is 176 g/mol. The SMILES string of the molecule is CCCCC(C)NC(C)C(=O)N(C)C. The van der Waals surface area contributed by atoms with Crippen LogP contribution in [0.1, 0.15) is 40.0 Å². The Bertz CT molecular complexity index is 169. The minimum Gasteiger partial charge on any atom is -0.347 e. The zero-order chi connectivity index (χ0) is 11.1. The molecule has 0 aliphatic heterocycles. The van der Waals surface area contributed by atoms with Crippen LogP contribution in [0.2, 0.25) is 0 Å². The van der Waals surface area contributed by atoms with Gasteiger partial charge in [-0.25, -0.2) is 0 Å². The Morgan fingerprint density at radius 3 is 2.36 bits per heavy atom. The largest absolute Gasteiger partial charge is 0.347 e. The van der Waals surface area contributed by atoms with Crippen LogP contribution in [0.3, 0.4) is 0 Å². The van der Waals surface area contributed by atoms with Crippen LogP contribution < -0.4 is 5.32 Å². The topological polar surface area (TPSA) is 32.3 Å². The predicted molar refractivity (Wildman–Crippen MR) is 60.3 cm³/mol. The van der Waals surface area contributed by atoms with Gasteiger partial charge in [-0.15, -0.1) is 0 Å². The lowest BCUT2D eigenvalue weighted by Crippen LogP contribution is -2.45. The highest BCUT2D eigenvalue weighted by Crippen LogP contribution is 2.01. The van der Waals surface area contributed by atoms with E-state index in [0.29, 0.717) is 6.04 Å². The molecular formula is C11H24N2O. The van der Waals surface area contributed by atoms with E-state index in [-0.39, 0.29) is 11.9 Å². The molecule has 84 valence electrons. The Hall–Kier alpha value is -0.570. The number of likely N-dealkylation sites (N-methyl/N-ethyl adjacent to an activating group) is 1. The zero-order valence-corrected chi connectivity index (χ0v) is 10.1. The van der Waals surface area contributed by atoms with E-state index in [1.54, 1.807) is 19.0 Å². The molecule has 14 heavy (non-hydrogen) atoms. The van der Waals surface area contributed by atoms with Gasteiger partial charge in [-0.3, -0.25) is 4.79 Å². The Morgan fingerprint density at radius 2 is 1.93 bits per heavy atom. The average Bonchev–Trinajstić information content (AvgIpc) is 2.13. The summed E-state index contributed by atoms with van der Waals surface area (Å²) < 4.78 is 0. The summed E-state index contributed by atoms with van der Waals surface area (Å²) in [5, 5.41) is 3.30. The fraction of sp³-hybridized carbons (Fsp3) is 0.909. The summed E-state index contributed by atoms with van der Waals surface area (Å²) in [6, 6.07) is 0.353. The molecule has 1 N–H and O–H groups in total. The van der Waals surface area contributed by atoms with Gasteiger partial charge in [0.25, 0.3) is 0 Å². The average molecular weight is 200 g/mol. The molecule has 2 atom stereocenters. The number of nitrogens with zero attached hydrogens (tertiary/aromatic N) is 1. The lowest BCUT2D eigenvalue weighted by molar-refractivity contribution is -0.130. The van der Waals surface area contributed by atoms with E-state index in [4.69, 9.17) is 0 Å². The van der Waals surface area contributed by atoms with Crippen molar-refractivity contribution in [3.63, 3.8) is 0 Å². The molecule has 0 aromatic rings. The fourth-order valence-electron chi connectivity index (χ4n) is 1.48. The van der Waals surface area contributed by atoms with Gasteiger partial charge in [0, 0.05) is 20.1 Å². The molecule has 2 unspecified atom stereocenters. The first-order valence-corrected chi connectivity index (χ1v) is 5.46. The molecule has 0 aliphatic rings. The number of amides is 1. The fourth-order valence-corrected chi connectivity index (χ4v) is 1.48. The summed E-state index contributed by atoms with van der Waals surface area (Å²) in [4.78, 5) is 13.1. The van der Waals surface area contributed by atoms with Gasteiger partial charge in [-0.2, -0.15) is 0 Å². The van der Waals surface area contributed by atoms with Crippen molar-refractivity contribution in [1.29, 1.82) is 0 Å². The lowest BCUT2D eigenvalue weighted by atomic mass is 10.1. The summed E-state index contributed by atoms with van der Waals surface area (Å²) >= 11 is 0. The van der Waals surface area contributed by atoms with Gasteiger partial charge in [0.1, 0.15) is 0 Å². The van der Waals surface area contributed by atoms with Crippen LogP contribution in [-0.2, 0) is 4.79 Å². The predicted octanol–water partition coefficient (Wildman–Crippen LogP) is 1.63. The number of carbonyl (C=O) groups excluding carboxylic acids is 1. The minimum atomic E-state index is -0.0724. The minimum absolute atomic E-state index is 0.0724. The third-order valence-corrected chi connectivity index (χ3v) is 2.34. The molecule has 0 aromatic carbocycles. The van der Waals surface area contributed by atoms with Crippen LogP contribution in [0.15, 0.2) is 0 Å². The van der Waals surface area contributed by atoms with Crippen LogP contribution in [0.4, 0.5) is 0 Å². The molecule has 0 heterocycles. The molecule has 3 heteroatoms. The standard InChI is InChI=1S/C11H24N2O/c1-6-7-8-9(2)12-10(3)11(14)13(4)5/h9-10,12H,6-8H2,1-5H3. The first-order valence-electron chi connectivity index (χ1n) is 5.46. The quantitative estimate of drug-likeness (QED) is 0.707. The summed E-state index contributed by atoms with van der Waals surface area (Å²) in [6.45, 7) is 6.24. The highest BCUT2D eigenvalue weighted by atomic mass is 16.2. The molecule has 0 radical (unpaired) electrons. The van der Waals surface area contributed by atoms with Crippen LogP contribution >= 0.6 is 0 Å². The summed E-state index contributed by atoms with van der Waals surface area (Å²) in [6.07, 6.45) is 3.57. The van der Waals surface area contributed by atoms with Crippen molar-refractivity contribution in [2.45, 2.75) is 52.1 Å². The van der Waals surface area contributed by atoms with Crippen molar-refractivity contribution in [3.8, 4) is 0 Å². The number of rotatable bonds is 6. The Balaban J connectivity index is 3.80. The maximum atomic E-state index is 11.5. The number of unbranched alkanes of at least 4 members (excludes halogenated alkanes) is 1. The summed E-state index contributed by atoms with van der Waals surface area (Å²) in [5.41, 5.74) is 0. The van der Waals surface area contributed by atoms with Crippen molar-refractivity contribution in [2.24, 2.45) is 0 Å². The van der Waals surface area contributed by atoms with Gasteiger partial charge in [0.05, 0.1) is 6.04 Å². The second kappa shape index (κ2) is 6.82. The number of carbonyl (C=O) groups is 1. The third-order valence-electron chi connectivity index (χ3n) is 2.34. The van der Waals surface area contributed by atoms with E-state index in [0.717, 1.165) is 6.42 Å². The van der Waals surface area contributed by atoms with E-state index in [1.807, 2.05) is 6.92 Å². The maximum Gasteiger partial charge on any atom is 0.238 e. The van der Waals surface area contributed by atoms with Crippen molar-refractivity contribution < 1.29 is 4.79 Å². The van der Waals surface area contributed by atoms with Crippen LogP contribution in [0.5, 0.6) is 0 Å². The zero-order valence-electron chi connectivity index (χ0n) is 10.1. The van der Waals surface area contributed by atoms with Crippen molar-refractivity contribution in [1.82, 2.24) is 10.2 Å². The first kappa shape index (κ1) is 13.4. The van der Waals surface area contributed by atoms with E-state index in [9.17, 15) is 4.79 Å². The Kier molecular flexibility index (Phi) is 6.54. The highest BCUT2D eigenvalue weighted by molar-refractivity contribution is 5.80. The van der Waals surface area contributed by atoms with E-state index in [1.165, 1.54) is 12.8 Å². The number of hydrogen-bond acceptors (Lipinski definition) is 2.